The lowest BCUT2D eigenvalue weighted by Crippen LogP contribution is -2.55. The monoisotopic (exact) mass is 742 g/mol. The van der Waals surface area contributed by atoms with E-state index in [1.165, 1.54) is 58.8 Å². The molecule has 0 fully saturated rings. The van der Waals surface area contributed by atoms with Crippen LogP contribution in [0.25, 0.3) is 0 Å². The van der Waals surface area contributed by atoms with Crippen LogP contribution in [0.5, 0.6) is 0 Å². The fourth-order valence-electron chi connectivity index (χ4n) is 5.32. The van der Waals surface area contributed by atoms with Crippen LogP contribution in [0.2, 0.25) is 0 Å². The molecule has 0 saturated carbocycles. The first-order valence-corrected chi connectivity index (χ1v) is 19.3. The van der Waals surface area contributed by atoms with Crippen molar-refractivity contribution >= 4 is 35.6 Å². The van der Waals surface area contributed by atoms with Crippen molar-refractivity contribution in [1.82, 2.24) is 16.0 Å². The van der Waals surface area contributed by atoms with E-state index in [1.54, 1.807) is 20.8 Å². The van der Waals surface area contributed by atoms with Gasteiger partial charge in [0.2, 0.25) is 17.7 Å². The van der Waals surface area contributed by atoms with Crippen molar-refractivity contribution < 1.29 is 48.1 Å². The normalized spacial score (nSPS) is 12.5. The van der Waals surface area contributed by atoms with Crippen LogP contribution in [0.15, 0.2) is 0 Å². The van der Waals surface area contributed by atoms with Crippen LogP contribution in [0, 0.1) is 0 Å². The summed E-state index contributed by atoms with van der Waals surface area (Å²) in [6.07, 6.45) is 16.2. The maximum absolute atomic E-state index is 12.9. The van der Waals surface area contributed by atoms with E-state index in [0.29, 0.717) is 12.8 Å². The minimum atomic E-state index is -1.28. The zero-order chi connectivity index (χ0) is 39.6. The fraction of sp³-hybridized carbons (Fsp3) is 0.846. The molecular formula is C39H71N3O10. The Labute approximate surface area is 312 Å². The van der Waals surface area contributed by atoms with Crippen molar-refractivity contribution in [3.8, 4) is 0 Å². The third-order valence-electron chi connectivity index (χ3n) is 7.92. The number of amides is 3. The van der Waals surface area contributed by atoms with E-state index in [2.05, 4.69) is 16.0 Å². The summed E-state index contributed by atoms with van der Waals surface area (Å²) < 4.78 is 15.7. The van der Waals surface area contributed by atoms with Crippen LogP contribution in [0.4, 0.5) is 0 Å². The molecule has 0 unspecified atom stereocenters. The van der Waals surface area contributed by atoms with Gasteiger partial charge < -0.3 is 35.3 Å². The van der Waals surface area contributed by atoms with Crippen molar-refractivity contribution in [2.75, 3.05) is 19.8 Å². The summed E-state index contributed by atoms with van der Waals surface area (Å²) in [4.78, 5) is 73.1. The number of rotatable bonds is 29. The van der Waals surface area contributed by atoms with Crippen molar-refractivity contribution in [2.45, 2.75) is 194 Å². The molecule has 0 aromatic carbocycles. The number of aliphatic carboxylic acids is 1. The molecule has 0 saturated heterocycles. The van der Waals surface area contributed by atoms with Gasteiger partial charge in [0.05, 0.1) is 6.61 Å². The molecule has 0 radical (unpaired) electrons. The molecule has 13 nitrogen and oxygen atoms in total. The standard InChI is InChI=1S/C39H71N3O10/c1-37(2,3)51-34(47)24-22-20-18-16-14-12-10-9-11-13-15-17-19-21-23-31(43)41-30(35(48)52-38(4,5)6)25-26-32(44)42-39(7,8)36(49)40-27-28-50-29-33(45)46/h30H,9-29H2,1-8H3,(H,40,49)(H,41,43)(H,42,44)(H,45,46)/t30-/m0/s1. The van der Waals surface area contributed by atoms with E-state index in [4.69, 9.17) is 19.3 Å². The van der Waals surface area contributed by atoms with Gasteiger partial charge in [0, 0.05) is 25.8 Å². The Bertz CT molecular complexity index is 1080. The highest BCUT2D eigenvalue weighted by molar-refractivity contribution is 5.91. The first-order chi connectivity index (χ1) is 24.2. The minimum Gasteiger partial charge on any atom is -0.480 e. The number of carboxylic acids is 1. The molecule has 0 aliphatic rings. The first kappa shape index (κ1) is 48.8. The molecule has 4 N–H and O–H groups in total. The van der Waals surface area contributed by atoms with Crippen molar-refractivity contribution in [2.24, 2.45) is 0 Å². The quantitative estimate of drug-likeness (QED) is 0.0502. The van der Waals surface area contributed by atoms with Gasteiger partial charge in [-0.05, 0) is 74.7 Å². The highest BCUT2D eigenvalue weighted by Crippen LogP contribution is 2.16. The maximum atomic E-state index is 12.9. The Hall–Kier alpha value is -3.22. The molecule has 13 heteroatoms. The van der Waals surface area contributed by atoms with E-state index >= 15 is 0 Å². The van der Waals surface area contributed by atoms with Gasteiger partial charge in [-0.1, -0.05) is 77.0 Å². The van der Waals surface area contributed by atoms with Gasteiger partial charge in [-0.25, -0.2) is 9.59 Å². The highest BCUT2D eigenvalue weighted by Gasteiger charge is 2.31. The summed E-state index contributed by atoms with van der Waals surface area (Å²) in [5, 5.41) is 16.6. The van der Waals surface area contributed by atoms with Gasteiger partial charge in [-0.3, -0.25) is 19.2 Å². The molecule has 0 aromatic rings. The largest absolute Gasteiger partial charge is 0.480 e. The summed E-state index contributed by atoms with van der Waals surface area (Å²) in [5.74, 6) is -3.07. The Balaban J connectivity index is 4.27. The molecule has 0 aliphatic carbocycles. The highest BCUT2D eigenvalue weighted by atomic mass is 16.6. The number of carbonyl (C=O) groups is 6. The average Bonchev–Trinajstić information content (AvgIpc) is 3.00. The Morgan fingerprint density at radius 3 is 1.52 bits per heavy atom. The van der Waals surface area contributed by atoms with Crippen LogP contribution in [-0.4, -0.2) is 83.3 Å². The number of hydrogen-bond donors (Lipinski definition) is 4. The number of hydrogen-bond acceptors (Lipinski definition) is 9. The SMILES string of the molecule is CC(C)(C)OC(=O)CCCCCCCCCCCCCCCCC(=O)N[C@@H](CCC(=O)NC(C)(C)C(=O)NCCOCC(=O)O)C(=O)OC(C)(C)C. The smallest absolute Gasteiger partial charge is 0.329 e. The molecule has 0 aliphatic heterocycles. The molecule has 0 spiro atoms. The topological polar surface area (TPSA) is 186 Å². The minimum absolute atomic E-state index is 0.00304. The second kappa shape index (κ2) is 26.5. The Morgan fingerprint density at radius 2 is 1.06 bits per heavy atom. The first-order valence-electron chi connectivity index (χ1n) is 19.3. The lowest BCUT2D eigenvalue weighted by atomic mass is 10.0. The summed E-state index contributed by atoms with van der Waals surface area (Å²) >= 11 is 0. The zero-order valence-corrected chi connectivity index (χ0v) is 33.5. The molecule has 302 valence electrons. The molecule has 1 atom stereocenters. The van der Waals surface area contributed by atoms with E-state index in [9.17, 15) is 28.8 Å². The molecule has 0 heterocycles. The van der Waals surface area contributed by atoms with E-state index < -0.39 is 53.1 Å². The van der Waals surface area contributed by atoms with Gasteiger partial charge in [0.1, 0.15) is 29.4 Å². The van der Waals surface area contributed by atoms with Gasteiger partial charge in [-0.15, -0.1) is 0 Å². The number of esters is 2. The van der Waals surface area contributed by atoms with Gasteiger partial charge >= 0.3 is 17.9 Å². The maximum Gasteiger partial charge on any atom is 0.329 e. The lowest BCUT2D eigenvalue weighted by molar-refractivity contribution is -0.159. The van der Waals surface area contributed by atoms with Crippen molar-refractivity contribution in [1.29, 1.82) is 0 Å². The predicted octanol–water partition coefficient (Wildman–Crippen LogP) is 6.29. The van der Waals surface area contributed by atoms with Gasteiger partial charge in [0.15, 0.2) is 0 Å². The zero-order valence-electron chi connectivity index (χ0n) is 33.5. The van der Waals surface area contributed by atoms with E-state index in [0.717, 1.165) is 38.5 Å². The number of unbranched alkanes of at least 4 members (excludes halogenated alkanes) is 13. The second-order valence-electron chi connectivity index (χ2n) is 16.1. The molecule has 52 heavy (non-hydrogen) atoms. The van der Waals surface area contributed by atoms with Gasteiger partial charge in [0.25, 0.3) is 0 Å². The van der Waals surface area contributed by atoms with Crippen molar-refractivity contribution in [3.63, 3.8) is 0 Å². The average molecular weight is 742 g/mol. The van der Waals surface area contributed by atoms with Crippen LogP contribution < -0.4 is 16.0 Å². The number of nitrogens with one attached hydrogen (secondary N) is 3. The number of carboxylic acid groups (broad SMARTS) is 1. The lowest BCUT2D eigenvalue weighted by Gasteiger charge is -2.26. The molecule has 0 bridgehead atoms. The molecule has 0 rings (SSSR count). The third-order valence-corrected chi connectivity index (χ3v) is 7.92. The van der Waals surface area contributed by atoms with Crippen molar-refractivity contribution in [3.05, 3.63) is 0 Å². The molecule has 0 aromatic heterocycles. The predicted molar refractivity (Wildman–Crippen MR) is 200 cm³/mol. The number of carbonyl (C=O) groups excluding carboxylic acids is 5. The Kier molecular flexibility index (Phi) is 24.9. The fourth-order valence-corrected chi connectivity index (χ4v) is 5.32. The van der Waals surface area contributed by atoms with Crippen LogP contribution in [0.1, 0.15) is 171 Å². The summed E-state index contributed by atoms with van der Waals surface area (Å²) in [6.45, 7) is 13.5. The van der Waals surface area contributed by atoms with E-state index in [1.807, 2.05) is 20.8 Å². The van der Waals surface area contributed by atoms with Gasteiger partial charge in [-0.2, -0.15) is 0 Å². The van der Waals surface area contributed by atoms with Crippen LogP contribution >= 0.6 is 0 Å². The molecule has 3 amide bonds. The molecular weight excluding hydrogens is 670 g/mol. The summed E-state index contributed by atoms with van der Waals surface area (Å²) in [7, 11) is 0. The second-order valence-corrected chi connectivity index (χ2v) is 16.1. The van der Waals surface area contributed by atoms with Crippen LogP contribution in [-0.2, 0) is 43.0 Å². The Morgan fingerprint density at radius 1 is 0.596 bits per heavy atom. The summed E-state index contributed by atoms with van der Waals surface area (Å²) in [6, 6.07) is -1.01. The summed E-state index contributed by atoms with van der Waals surface area (Å²) in [5.41, 5.74) is -2.46. The number of ether oxygens (including phenoxy) is 3. The van der Waals surface area contributed by atoms with E-state index in [-0.39, 0.29) is 44.3 Å². The van der Waals surface area contributed by atoms with Crippen LogP contribution in [0.3, 0.4) is 0 Å². The third kappa shape index (κ3) is 29.4.